The predicted molar refractivity (Wildman–Crippen MR) is 82.7 cm³/mol. The summed E-state index contributed by atoms with van der Waals surface area (Å²) in [5.74, 6) is -0.232. The molecule has 1 fully saturated rings. The summed E-state index contributed by atoms with van der Waals surface area (Å²) in [5.41, 5.74) is 0.664. The number of halogens is 1. The standard InChI is InChI=1S/C14H15ClN2O3S/c15-9-4-5-11-10(7-9)17(14(20)21-11)8-13(19)16-6-2-1-3-12(16)18/h4-5,7,12,18H,1-3,6,8H2. The Morgan fingerprint density at radius 2 is 2.24 bits per heavy atom. The number of amides is 1. The molecule has 0 bridgehead atoms. The van der Waals surface area contributed by atoms with Gasteiger partial charge in [-0.05, 0) is 37.5 Å². The summed E-state index contributed by atoms with van der Waals surface area (Å²) >= 11 is 7.05. The highest BCUT2D eigenvalue weighted by molar-refractivity contribution is 7.16. The quantitative estimate of drug-likeness (QED) is 0.918. The minimum atomic E-state index is -0.740. The largest absolute Gasteiger partial charge is 0.374 e. The molecule has 1 aliphatic heterocycles. The average molecular weight is 327 g/mol. The molecular weight excluding hydrogens is 312 g/mol. The lowest BCUT2D eigenvalue weighted by Gasteiger charge is -2.32. The summed E-state index contributed by atoms with van der Waals surface area (Å²) < 4.78 is 2.23. The highest BCUT2D eigenvalue weighted by atomic mass is 35.5. The van der Waals surface area contributed by atoms with Gasteiger partial charge in [-0.2, -0.15) is 0 Å². The Kier molecular flexibility index (Phi) is 4.01. The number of hydrogen-bond donors (Lipinski definition) is 1. The van der Waals surface area contributed by atoms with E-state index in [-0.39, 0.29) is 17.3 Å². The van der Waals surface area contributed by atoms with Crippen molar-refractivity contribution in [1.82, 2.24) is 9.47 Å². The first-order valence-electron chi connectivity index (χ1n) is 6.82. The van der Waals surface area contributed by atoms with Crippen molar-refractivity contribution in [3.8, 4) is 0 Å². The first kappa shape index (κ1) is 14.6. The smallest absolute Gasteiger partial charge is 0.308 e. The fourth-order valence-electron chi connectivity index (χ4n) is 2.62. The number of thiazole rings is 1. The summed E-state index contributed by atoms with van der Waals surface area (Å²) in [4.78, 5) is 25.6. The van der Waals surface area contributed by atoms with Crippen molar-refractivity contribution in [2.45, 2.75) is 32.0 Å². The van der Waals surface area contributed by atoms with Gasteiger partial charge in [0.15, 0.2) is 0 Å². The van der Waals surface area contributed by atoms with Gasteiger partial charge in [0.2, 0.25) is 5.91 Å². The Bertz CT molecular complexity index is 739. The van der Waals surface area contributed by atoms with Crippen LogP contribution in [0.4, 0.5) is 0 Å². The lowest BCUT2D eigenvalue weighted by atomic mass is 10.1. The van der Waals surface area contributed by atoms with Crippen molar-refractivity contribution in [1.29, 1.82) is 0 Å². The molecule has 1 N–H and O–H groups in total. The Morgan fingerprint density at radius 3 is 3.00 bits per heavy atom. The van der Waals surface area contributed by atoms with Gasteiger partial charge in [0.1, 0.15) is 12.8 Å². The number of aliphatic hydroxyl groups excluding tert-OH is 1. The van der Waals surface area contributed by atoms with E-state index >= 15 is 0 Å². The third-order valence-electron chi connectivity index (χ3n) is 3.71. The molecule has 1 aromatic carbocycles. The van der Waals surface area contributed by atoms with Crippen LogP contribution >= 0.6 is 22.9 Å². The first-order valence-corrected chi connectivity index (χ1v) is 8.02. The Morgan fingerprint density at radius 1 is 1.43 bits per heavy atom. The van der Waals surface area contributed by atoms with Crippen molar-refractivity contribution < 1.29 is 9.90 Å². The molecule has 1 aliphatic rings. The van der Waals surface area contributed by atoms with E-state index in [0.717, 1.165) is 28.9 Å². The molecule has 0 spiro atoms. The van der Waals surface area contributed by atoms with Crippen LogP contribution in [0.3, 0.4) is 0 Å². The van der Waals surface area contributed by atoms with Gasteiger partial charge >= 0.3 is 4.87 Å². The maximum absolute atomic E-state index is 12.3. The van der Waals surface area contributed by atoms with Crippen molar-refractivity contribution in [3.63, 3.8) is 0 Å². The summed E-state index contributed by atoms with van der Waals surface area (Å²) in [6.45, 7) is 0.480. The average Bonchev–Trinajstić information content (AvgIpc) is 2.75. The molecule has 1 saturated heterocycles. The summed E-state index contributed by atoms with van der Waals surface area (Å²) in [6.07, 6.45) is 1.66. The summed E-state index contributed by atoms with van der Waals surface area (Å²) in [6, 6.07) is 5.19. The van der Waals surface area contributed by atoms with Crippen LogP contribution in [0.25, 0.3) is 10.2 Å². The molecule has 1 amide bonds. The zero-order valence-electron chi connectivity index (χ0n) is 11.3. The van der Waals surface area contributed by atoms with Gasteiger partial charge in [-0.3, -0.25) is 14.2 Å². The molecule has 3 rings (SSSR count). The van der Waals surface area contributed by atoms with Crippen LogP contribution in [-0.2, 0) is 11.3 Å². The van der Waals surface area contributed by atoms with Crippen LogP contribution in [0.1, 0.15) is 19.3 Å². The molecular formula is C14H15ClN2O3S. The number of rotatable bonds is 2. The van der Waals surface area contributed by atoms with Crippen LogP contribution in [0, 0.1) is 0 Å². The van der Waals surface area contributed by atoms with Crippen molar-refractivity contribution >= 4 is 39.1 Å². The van der Waals surface area contributed by atoms with Gasteiger partial charge in [0.25, 0.3) is 0 Å². The van der Waals surface area contributed by atoms with Crippen LogP contribution < -0.4 is 4.87 Å². The van der Waals surface area contributed by atoms with E-state index in [1.165, 1.54) is 9.47 Å². The van der Waals surface area contributed by atoms with Crippen molar-refractivity contribution in [3.05, 3.63) is 32.9 Å². The van der Waals surface area contributed by atoms with E-state index in [1.807, 2.05) is 0 Å². The molecule has 0 saturated carbocycles. The van der Waals surface area contributed by atoms with E-state index in [4.69, 9.17) is 11.6 Å². The van der Waals surface area contributed by atoms with Crippen LogP contribution in [-0.4, -0.2) is 33.3 Å². The topological polar surface area (TPSA) is 62.5 Å². The Balaban J connectivity index is 1.90. The lowest BCUT2D eigenvalue weighted by molar-refractivity contribution is -0.144. The Hall–Kier alpha value is -1.37. The fourth-order valence-corrected chi connectivity index (χ4v) is 3.65. The minimum Gasteiger partial charge on any atom is -0.374 e. The third-order valence-corrected chi connectivity index (χ3v) is 4.91. The number of aromatic nitrogens is 1. The summed E-state index contributed by atoms with van der Waals surface area (Å²) in [7, 11) is 0. The molecule has 112 valence electrons. The molecule has 1 atom stereocenters. The second-order valence-electron chi connectivity index (χ2n) is 5.13. The molecule has 0 radical (unpaired) electrons. The predicted octanol–water partition coefficient (Wildman–Crippen LogP) is 2.05. The van der Waals surface area contributed by atoms with Crippen LogP contribution in [0.2, 0.25) is 5.02 Å². The number of aliphatic hydroxyl groups is 1. The molecule has 1 aromatic heterocycles. The monoisotopic (exact) mass is 326 g/mol. The second-order valence-corrected chi connectivity index (χ2v) is 6.56. The lowest BCUT2D eigenvalue weighted by Crippen LogP contribution is -2.45. The second kappa shape index (κ2) is 5.79. The SMILES string of the molecule is O=C(Cn1c(=O)sc2ccc(Cl)cc21)N1CCCCC1O. The molecule has 5 nitrogen and oxygen atoms in total. The molecule has 2 heterocycles. The van der Waals surface area contributed by atoms with E-state index in [9.17, 15) is 14.7 Å². The van der Waals surface area contributed by atoms with E-state index in [1.54, 1.807) is 18.2 Å². The number of fused-ring (bicyclic) bond motifs is 1. The van der Waals surface area contributed by atoms with Crippen molar-refractivity contribution in [2.75, 3.05) is 6.54 Å². The number of benzene rings is 1. The molecule has 7 heteroatoms. The fraction of sp³-hybridized carbons (Fsp3) is 0.429. The number of nitrogens with zero attached hydrogens (tertiary/aromatic N) is 2. The number of carbonyl (C=O) groups is 1. The molecule has 2 aromatic rings. The first-order chi connectivity index (χ1) is 10.1. The minimum absolute atomic E-state index is 0.0593. The normalized spacial score (nSPS) is 19.1. The molecule has 1 unspecified atom stereocenters. The number of likely N-dealkylation sites (tertiary alicyclic amines) is 1. The zero-order valence-corrected chi connectivity index (χ0v) is 12.9. The number of piperidine rings is 1. The van der Waals surface area contributed by atoms with E-state index in [0.29, 0.717) is 23.5 Å². The van der Waals surface area contributed by atoms with Crippen molar-refractivity contribution in [2.24, 2.45) is 0 Å². The number of hydrogen-bond acceptors (Lipinski definition) is 4. The van der Waals surface area contributed by atoms with Gasteiger partial charge < -0.3 is 10.0 Å². The highest BCUT2D eigenvalue weighted by Gasteiger charge is 2.25. The highest BCUT2D eigenvalue weighted by Crippen LogP contribution is 2.22. The number of carbonyl (C=O) groups excluding carboxylic acids is 1. The maximum Gasteiger partial charge on any atom is 0.308 e. The maximum atomic E-state index is 12.3. The van der Waals surface area contributed by atoms with Gasteiger partial charge in [0.05, 0.1) is 10.2 Å². The van der Waals surface area contributed by atoms with E-state index in [2.05, 4.69) is 0 Å². The zero-order chi connectivity index (χ0) is 15.0. The Labute approximate surface area is 130 Å². The van der Waals surface area contributed by atoms with Gasteiger partial charge in [-0.25, -0.2) is 0 Å². The van der Waals surface area contributed by atoms with Crippen LogP contribution in [0.15, 0.2) is 23.0 Å². The van der Waals surface area contributed by atoms with Gasteiger partial charge in [-0.15, -0.1) is 0 Å². The molecule has 0 aliphatic carbocycles. The van der Waals surface area contributed by atoms with Crippen LogP contribution in [0.5, 0.6) is 0 Å². The third kappa shape index (κ3) is 2.84. The van der Waals surface area contributed by atoms with E-state index < -0.39 is 6.23 Å². The van der Waals surface area contributed by atoms with Gasteiger partial charge in [0, 0.05) is 11.6 Å². The molecule has 21 heavy (non-hydrogen) atoms. The summed E-state index contributed by atoms with van der Waals surface area (Å²) in [5, 5.41) is 10.4. The van der Waals surface area contributed by atoms with Gasteiger partial charge in [-0.1, -0.05) is 22.9 Å².